The van der Waals surface area contributed by atoms with Gasteiger partial charge < -0.3 is 25.4 Å². The molecule has 0 unspecified atom stereocenters. The molecule has 0 saturated carbocycles. The molecule has 0 spiro atoms. The van der Waals surface area contributed by atoms with Crippen LogP contribution in [0.1, 0.15) is 22.8 Å². The normalized spacial score (nSPS) is 12.1. The van der Waals surface area contributed by atoms with Gasteiger partial charge in [-0.05, 0) is 48.9 Å². The highest BCUT2D eigenvalue weighted by atomic mass is 127. The number of carbonyl (C=O) groups is 1. The molecule has 0 fully saturated rings. The summed E-state index contributed by atoms with van der Waals surface area (Å²) < 4.78 is 11.7. The highest BCUT2D eigenvalue weighted by molar-refractivity contribution is 14.0. The maximum absolute atomic E-state index is 12.1. The largest absolute Gasteiger partial charge is 0.454 e. The van der Waals surface area contributed by atoms with Crippen molar-refractivity contribution in [1.82, 2.24) is 16.0 Å². The molecule has 0 aromatic heterocycles. The Kier molecular flexibility index (Phi) is 9.52. The van der Waals surface area contributed by atoms with Gasteiger partial charge in [-0.3, -0.25) is 4.79 Å². The van der Waals surface area contributed by atoms with Crippen molar-refractivity contribution in [2.45, 2.75) is 13.5 Å². The Morgan fingerprint density at radius 2 is 1.76 bits per heavy atom. The molecule has 1 heterocycles. The van der Waals surface area contributed by atoms with Crippen molar-refractivity contribution in [3.05, 3.63) is 58.1 Å². The van der Waals surface area contributed by atoms with E-state index in [0.29, 0.717) is 31.2 Å². The Morgan fingerprint density at radius 3 is 2.52 bits per heavy atom. The van der Waals surface area contributed by atoms with E-state index in [4.69, 9.17) is 9.47 Å². The fourth-order valence-corrected chi connectivity index (χ4v) is 2.88. The summed E-state index contributed by atoms with van der Waals surface area (Å²) in [6.45, 7) is 4.58. The first kappa shape index (κ1) is 23.3. The molecule has 0 bridgehead atoms. The second-order valence-corrected chi connectivity index (χ2v) is 6.99. The van der Waals surface area contributed by atoms with Crippen molar-refractivity contribution in [2.24, 2.45) is 4.99 Å². The Bertz CT molecular complexity index is 846. The summed E-state index contributed by atoms with van der Waals surface area (Å²) >= 11 is 3.36. The minimum Gasteiger partial charge on any atom is -0.454 e. The topological polar surface area (TPSA) is 84.0 Å². The SMILES string of the molecule is CCNC(=NCc1ccc2c(c1)OCO2)NCCNC(=O)c1ccc(Br)cc1.I. The van der Waals surface area contributed by atoms with Crippen LogP contribution in [0, 0.1) is 0 Å². The average molecular weight is 575 g/mol. The molecule has 0 saturated heterocycles. The molecular weight excluding hydrogens is 551 g/mol. The van der Waals surface area contributed by atoms with Crippen molar-refractivity contribution in [3.8, 4) is 11.5 Å². The van der Waals surface area contributed by atoms with Gasteiger partial charge in [0.2, 0.25) is 6.79 Å². The van der Waals surface area contributed by atoms with E-state index in [1.165, 1.54) is 0 Å². The summed E-state index contributed by atoms with van der Waals surface area (Å²) in [5, 5.41) is 9.30. The monoisotopic (exact) mass is 574 g/mol. The lowest BCUT2D eigenvalue weighted by Crippen LogP contribution is -2.41. The number of nitrogens with one attached hydrogen (secondary N) is 3. The fraction of sp³-hybridized carbons (Fsp3) is 0.300. The number of halogens is 2. The molecule has 1 aliphatic rings. The Hall–Kier alpha value is -2.01. The molecule has 9 heteroatoms. The van der Waals surface area contributed by atoms with E-state index >= 15 is 0 Å². The van der Waals surface area contributed by atoms with Gasteiger partial charge in [-0.2, -0.15) is 0 Å². The molecular formula is C20H24BrIN4O3. The van der Waals surface area contributed by atoms with Crippen LogP contribution >= 0.6 is 39.9 Å². The number of ether oxygens (including phenoxy) is 2. The number of aliphatic imine (C=N–C) groups is 1. The van der Waals surface area contributed by atoms with Gasteiger partial charge in [0, 0.05) is 29.7 Å². The van der Waals surface area contributed by atoms with Crippen LogP contribution in [0.3, 0.4) is 0 Å². The number of hydrogen-bond donors (Lipinski definition) is 3. The molecule has 29 heavy (non-hydrogen) atoms. The Labute approximate surface area is 195 Å². The Balaban J connectivity index is 0.00000300. The average Bonchev–Trinajstić information content (AvgIpc) is 3.17. The lowest BCUT2D eigenvalue weighted by atomic mass is 10.2. The van der Waals surface area contributed by atoms with E-state index < -0.39 is 0 Å². The molecule has 0 radical (unpaired) electrons. The van der Waals surface area contributed by atoms with Gasteiger partial charge in [-0.1, -0.05) is 22.0 Å². The predicted molar refractivity (Wildman–Crippen MR) is 127 cm³/mol. The number of carbonyl (C=O) groups excluding carboxylic acids is 1. The number of rotatable bonds is 7. The lowest BCUT2D eigenvalue weighted by Gasteiger charge is -2.12. The lowest BCUT2D eigenvalue weighted by molar-refractivity contribution is 0.0954. The Morgan fingerprint density at radius 1 is 1.03 bits per heavy atom. The predicted octanol–water partition coefficient (Wildman–Crippen LogP) is 3.28. The van der Waals surface area contributed by atoms with Crippen molar-refractivity contribution in [2.75, 3.05) is 26.4 Å². The van der Waals surface area contributed by atoms with Crippen LogP contribution < -0.4 is 25.4 Å². The minimum atomic E-state index is -0.100. The molecule has 7 nitrogen and oxygen atoms in total. The van der Waals surface area contributed by atoms with Crippen LogP contribution in [0.2, 0.25) is 0 Å². The van der Waals surface area contributed by atoms with Gasteiger partial charge in [0.1, 0.15) is 0 Å². The standard InChI is InChI=1S/C20H23BrN4O3.HI/c1-2-22-20(25-12-14-3-8-17-18(11-14)28-13-27-17)24-10-9-23-19(26)15-4-6-16(21)7-5-15;/h3-8,11H,2,9-10,12-13H2,1H3,(H,23,26)(H2,22,24,25);1H. The van der Waals surface area contributed by atoms with E-state index in [-0.39, 0.29) is 36.7 Å². The molecule has 0 aliphatic carbocycles. The van der Waals surface area contributed by atoms with Gasteiger partial charge >= 0.3 is 0 Å². The quantitative estimate of drug-likeness (QED) is 0.205. The van der Waals surface area contributed by atoms with E-state index in [0.717, 1.165) is 28.1 Å². The molecule has 3 N–H and O–H groups in total. The second-order valence-electron chi connectivity index (χ2n) is 6.07. The fourth-order valence-electron chi connectivity index (χ4n) is 2.61. The summed E-state index contributed by atoms with van der Waals surface area (Å²) in [6, 6.07) is 13.1. The number of fused-ring (bicyclic) bond motifs is 1. The number of guanidine groups is 1. The first-order valence-corrected chi connectivity index (χ1v) is 9.89. The maximum Gasteiger partial charge on any atom is 0.251 e. The number of amides is 1. The third-order valence-corrected chi connectivity index (χ3v) is 4.54. The smallest absolute Gasteiger partial charge is 0.251 e. The summed E-state index contributed by atoms with van der Waals surface area (Å²) in [7, 11) is 0. The number of nitrogens with zero attached hydrogens (tertiary/aromatic N) is 1. The molecule has 2 aromatic rings. The van der Waals surface area contributed by atoms with Gasteiger partial charge in [-0.15, -0.1) is 24.0 Å². The van der Waals surface area contributed by atoms with Crippen LogP contribution in [0.4, 0.5) is 0 Å². The highest BCUT2D eigenvalue weighted by Gasteiger charge is 2.13. The van der Waals surface area contributed by atoms with E-state index in [9.17, 15) is 4.79 Å². The van der Waals surface area contributed by atoms with Gasteiger partial charge in [0.05, 0.1) is 6.54 Å². The zero-order valence-corrected chi connectivity index (χ0v) is 20.0. The van der Waals surface area contributed by atoms with Crippen LogP contribution in [-0.4, -0.2) is 38.3 Å². The van der Waals surface area contributed by atoms with Gasteiger partial charge in [0.25, 0.3) is 5.91 Å². The molecule has 2 aromatic carbocycles. The van der Waals surface area contributed by atoms with Gasteiger partial charge in [0.15, 0.2) is 17.5 Å². The van der Waals surface area contributed by atoms with Crippen LogP contribution in [0.15, 0.2) is 51.9 Å². The third-order valence-electron chi connectivity index (χ3n) is 4.01. The molecule has 1 aliphatic heterocycles. The summed E-state index contributed by atoms with van der Waals surface area (Å²) in [4.78, 5) is 16.7. The first-order valence-electron chi connectivity index (χ1n) is 9.10. The zero-order chi connectivity index (χ0) is 19.8. The van der Waals surface area contributed by atoms with Crippen LogP contribution in [0.25, 0.3) is 0 Å². The van der Waals surface area contributed by atoms with Crippen LogP contribution in [-0.2, 0) is 6.54 Å². The molecule has 1 amide bonds. The van der Waals surface area contributed by atoms with E-state index in [1.807, 2.05) is 37.3 Å². The first-order chi connectivity index (χ1) is 13.7. The van der Waals surface area contributed by atoms with E-state index in [2.05, 4.69) is 36.9 Å². The molecule has 0 atom stereocenters. The zero-order valence-electron chi connectivity index (χ0n) is 16.0. The third kappa shape index (κ3) is 7.07. The van der Waals surface area contributed by atoms with Crippen molar-refractivity contribution >= 4 is 51.8 Å². The second kappa shape index (κ2) is 11.9. The minimum absolute atomic E-state index is 0. The summed E-state index contributed by atoms with van der Waals surface area (Å²) in [6.07, 6.45) is 0. The van der Waals surface area contributed by atoms with Crippen LogP contribution in [0.5, 0.6) is 11.5 Å². The summed E-state index contributed by atoms with van der Waals surface area (Å²) in [5.41, 5.74) is 1.66. The van der Waals surface area contributed by atoms with Crippen molar-refractivity contribution in [1.29, 1.82) is 0 Å². The number of benzene rings is 2. The number of hydrogen-bond acceptors (Lipinski definition) is 4. The van der Waals surface area contributed by atoms with Crippen molar-refractivity contribution in [3.63, 3.8) is 0 Å². The summed E-state index contributed by atoms with van der Waals surface area (Å²) in [5.74, 6) is 2.11. The van der Waals surface area contributed by atoms with Crippen molar-refractivity contribution < 1.29 is 14.3 Å². The highest BCUT2D eigenvalue weighted by Crippen LogP contribution is 2.32. The molecule has 156 valence electrons. The van der Waals surface area contributed by atoms with E-state index in [1.54, 1.807) is 12.1 Å². The molecule has 3 rings (SSSR count). The maximum atomic E-state index is 12.1. The van der Waals surface area contributed by atoms with Gasteiger partial charge in [-0.25, -0.2) is 4.99 Å².